The number of hydrogen-bond donors (Lipinski definition) is 1. The van der Waals surface area contributed by atoms with Gasteiger partial charge in [-0.15, -0.1) is 0 Å². The number of rotatable bonds is 8. The molecule has 1 aliphatic rings. The third-order valence-corrected chi connectivity index (χ3v) is 5.45. The van der Waals surface area contributed by atoms with Crippen molar-refractivity contribution in [2.75, 3.05) is 19.7 Å². The number of nitrogens with zero attached hydrogens (tertiary/aromatic N) is 3. The quantitative estimate of drug-likeness (QED) is 0.600. The number of carbonyl (C=O) groups is 1. The van der Waals surface area contributed by atoms with Crippen LogP contribution >= 0.6 is 0 Å². The minimum Gasteiger partial charge on any atom is -0.491 e. The van der Waals surface area contributed by atoms with Gasteiger partial charge in [-0.3, -0.25) is 9.69 Å². The Morgan fingerprint density at radius 1 is 1.13 bits per heavy atom. The van der Waals surface area contributed by atoms with Crippen LogP contribution in [0.4, 0.5) is 0 Å². The average molecular weight is 421 g/mol. The zero-order chi connectivity index (χ0) is 21.5. The van der Waals surface area contributed by atoms with Gasteiger partial charge >= 0.3 is 0 Å². The smallest absolute Gasteiger partial charge is 0.241 e. The normalized spacial score (nSPS) is 16.0. The van der Waals surface area contributed by atoms with Crippen LogP contribution in [0.1, 0.15) is 25.7 Å². The average Bonchev–Trinajstić information content (AvgIpc) is 3.28. The Morgan fingerprint density at radius 2 is 1.81 bits per heavy atom. The number of carbonyl (C=O) groups excluding carboxylic acids is 1. The van der Waals surface area contributed by atoms with E-state index in [0.29, 0.717) is 24.9 Å². The monoisotopic (exact) mass is 420 g/mol. The lowest BCUT2D eigenvalue weighted by molar-refractivity contribution is -0.127. The van der Waals surface area contributed by atoms with E-state index in [1.54, 1.807) is 0 Å². The second-order valence-corrected chi connectivity index (χ2v) is 7.96. The minimum atomic E-state index is -0.0412. The molecule has 4 rings (SSSR count). The first-order valence-electron chi connectivity index (χ1n) is 10.8. The fraction of sp³-hybridized carbons (Fsp3) is 0.375. The summed E-state index contributed by atoms with van der Waals surface area (Å²) in [5.74, 6) is 2.16. The molecule has 1 fully saturated rings. The Hall–Kier alpha value is -3.19. The van der Waals surface area contributed by atoms with Crippen molar-refractivity contribution >= 4 is 5.91 Å². The highest BCUT2D eigenvalue weighted by Gasteiger charge is 2.26. The van der Waals surface area contributed by atoms with E-state index in [4.69, 9.17) is 9.26 Å². The maximum absolute atomic E-state index is 12.6. The van der Waals surface area contributed by atoms with E-state index in [1.165, 1.54) is 0 Å². The molecule has 1 N–H and O–H groups in total. The van der Waals surface area contributed by atoms with Gasteiger partial charge in [0.25, 0.3) is 0 Å². The molecule has 1 unspecified atom stereocenters. The maximum atomic E-state index is 12.6. The molecule has 1 aromatic heterocycles. The van der Waals surface area contributed by atoms with Gasteiger partial charge in [0.1, 0.15) is 12.4 Å². The van der Waals surface area contributed by atoms with Gasteiger partial charge in [0.15, 0.2) is 0 Å². The van der Waals surface area contributed by atoms with E-state index >= 15 is 0 Å². The molecule has 162 valence electrons. The molecule has 0 radical (unpaired) electrons. The van der Waals surface area contributed by atoms with Crippen LogP contribution in [0.15, 0.2) is 65.2 Å². The number of nitrogens with one attached hydrogen (secondary N) is 1. The molecule has 3 aromatic rings. The van der Waals surface area contributed by atoms with E-state index in [1.807, 2.05) is 67.6 Å². The molecule has 31 heavy (non-hydrogen) atoms. The van der Waals surface area contributed by atoms with Gasteiger partial charge in [-0.2, -0.15) is 4.98 Å². The van der Waals surface area contributed by atoms with Gasteiger partial charge in [0.05, 0.1) is 12.6 Å². The molecular formula is C24H28N4O3. The van der Waals surface area contributed by atoms with Crippen LogP contribution in [-0.2, 0) is 11.3 Å². The summed E-state index contributed by atoms with van der Waals surface area (Å²) in [6.07, 6.45) is 1.63. The van der Waals surface area contributed by atoms with E-state index in [-0.39, 0.29) is 17.9 Å². The van der Waals surface area contributed by atoms with Gasteiger partial charge in [-0.05, 0) is 45.0 Å². The molecule has 0 aliphatic carbocycles. The van der Waals surface area contributed by atoms with Crippen molar-refractivity contribution in [2.24, 2.45) is 5.92 Å². The number of para-hydroxylation sites is 1. The second-order valence-electron chi connectivity index (χ2n) is 7.96. The summed E-state index contributed by atoms with van der Waals surface area (Å²) in [6, 6.07) is 19.4. The Bertz CT molecular complexity index is 953. The topological polar surface area (TPSA) is 80.5 Å². The highest BCUT2D eigenvalue weighted by molar-refractivity contribution is 5.79. The first-order valence-corrected chi connectivity index (χ1v) is 10.8. The summed E-state index contributed by atoms with van der Waals surface area (Å²) in [5, 5.41) is 7.16. The molecule has 7 nitrogen and oxygen atoms in total. The van der Waals surface area contributed by atoms with Crippen molar-refractivity contribution < 1.29 is 14.1 Å². The number of ether oxygens (including phenoxy) is 1. The highest BCUT2D eigenvalue weighted by Crippen LogP contribution is 2.21. The summed E-state index contributed by atoms with van der Waals surface area (Å²) in [4.78, 5) is 19.4. The highest BCUT2D eigenvalue weighted by atomic mass is 16.5. The lowest BCUT2D eigenvalue weighted by Gasteiger charge is -2.30. The van der Waals surface area contributed by atoms with Crippen molar-refractivity contribution in [3.63, 3.8) is 0 Å². The van der Waals surface area contributed by atoms with E-state index < -0.39 is 0 Å². The second kappa shape index (κ2) is 10.2. The first kappa shape index (κ1) is 21.1. The molecule has 1 atom stereocenters. The molecule has 7 heteroatoms. The van der Waals surface area contributed by atoms with Crippen LogP contribution in [0.3, 0.4) is 0 Å². The molecular weight excluding hydrogens is 392 g/mol. The number of hydrogen-bond acceptors (Lipinski definition) is 6. The van der Waals surface area contributed by atoms with Crippen LogP contribution in [0, 0.1) is 5.92 Å². The number of aromatic nitrogens is 2. The number of amides is 1. The predicted octanol–water partition coefficient (Wildman–Crippen LogP) is 3.53. The van der Waals surface area contributed by atoms with Crippen LogP contribution in [-0.4, -0.2) is 46.7 Å². The molecule has 1 amide bonds. The van der Waals surface area contributed by atoms with Gasteiger partial charge in [-0.1, -0.05) is 53.7 Å². The predicted molar refractivity (Wildman–Crippen MR) is 117 cm³/mol. The third-order valence-electron chi connectivity index (χ3n) is 5.45. The van der Waals surface area contributed by atoms with Gasteiger partial charge in [-0.25, -0.2) is 0 Å². The standard InChI is InChI=1S/C24H28N4O3/c1-18(17-30-21-10-6-3-7-11-21)25-24(29)20-12-14-28(15-13-20)16-22-26-23(27-31-22)19-8-4-2-5-9-19/h2-11,18,20H,12-17H2,1H3,(H,25,29). The number of likely N-dealkylation sites (tertiary alicyclic amines) is 1. The summed E-state index contributed by atoms with van der Waals surface area (Å²) >= 11 is 0. The molecule has 2 heterocycles. The van der Waals surface area contributed by atoms with Crippen LogP contribution in [0.5, 0.6) is 5.75 Å². The van der Waals surface area contributed by atoms with Gasteiger partial charge < -0.3 is 14.6 Å². The Balaban J connectivity index is 1.19. The lowest BCUT2D eigenvalue weighted by atomic mass is 9.95. The zero-order valence-electron chi connectivity index (χ0n) is 17.7. The molecule has 0 saturated carbocycles. The largest absolute Gasteiger partial charge is 0.491 e. The Morgan fingerprint density at radius 3 is 2.52 bits per heavy atom. The van der Waals surface area contributed by atoms with Crippen LogP contribution in [0.25, 0.3) is 11.4 Å². The zero-order valence-corrected chi connectivity index (χ0v) is 17.7. The molecule has 1 saturated heterocycles. The van der Waals surface area contributed by atoms with E-state index in [9.17, 15) is 4.79 Å². The molecule has 1 aliphatic heterocycles. The van der Waals surface area contributed by atoms with Crippen molar-refractivity contribution in [3.05, 3.63) is 66.6 Å². The number of piperidine rings is 1. The van der Waals surface area contributed by atoms with Crippen LogP contribution in [0.2, 0.25) is 0 Å². The summed E-state index contributed by atoms with van der Waals surface area (Å²) in [5.41, 5.74) is 0.943. The van der Waals surface area contributed by atoms with Crippen molar-refractivity contribution in [3.8, 4) is 17.1 Å². The molecule has 0 bridgehead atoms. The Labute approximate surface area is 182 Å². The maximum Gasteiger partial charge on any atom is 0.241 e. The first-order chi connectivity index (χ1) is 15.2. The fourth-order valence-corrected chi connectivity index (χ4v) is 3.71. The van der Waals surface area contributed by atoms with E-state index in [0.717, 1.165) is 37.2 Å². The summed E-state index contributed by atoms with van der Waals surface area (Å²) < 4.78 is 11.1. The lowest BCUT2D eigenvalue weighted by Crippen LogP contribution is -2.44. The van der Waals surface area contributed by atoms with Crippen molar-refractivity contribution in [1.29, 1.82) is 0 Å². The van der Waals surface area contributed by atoms with Crippen LogP contribution < -0.4 is 10.1 Å². The summed E-state index contributed by atoms with van der Waals surface area (Å²) in [6.45, 7) is 4.69. The third kappa shape index (κ3) is 5.92. The van der Waals surface area contributed by atoms with Gasteiger partial charge in [0, 0.05) is 11.5 Å². The van der Waals surface area contributed by atoms with Crippen molar-refractivity contribution in [2.45, 2.75) is 32.4 Å². The molecule has 2 aromatic carbocycles. The van der Waals surface area contributed by atoms with E-state index in [2.05, 4.69) is 20.4 Å². The molecule has 0 spiro atoms. The fourth-order valence-electron chi connectivity index (χ4n) is 3.71. The number of benzene rings is 2. The van der Waals surface area contributed by atoms with Gasteiger partial charge in [0.2, 0.25) is 17.6 Å². The van der Waals surface area contributed by atoms with Crippen molar-refractivity contribution in [1.82, 2.24) is 20.4 Å². The minimum absolute atomic E-state index is 0.0259. The summed E-state index contributed by atoms with van der Waals surface area (Å²) in [7, 11) is 0. The SMILES string of the molecule is CC(COc1ccccc1)NC(=O)C1CCN(Cc2nc(-c3ccccc3)no2)CC1. The Kier molecular flexibility index (Phi) is 6.94.